The van der Waals surface area contributed by atoms with E-state index in [4.69, 9.17) is 11.6 Å². The number of rotatable bonds is 4. The van der Waals surface area contributed by atoms with E-state index in [0.29, 0.717) is 5.02 Å². The van der Waals surface area contributed by atoms with Crippen molar-refractivity contribution in [3.63, 3.8) is 0 Å². The molecule has 0 atom stereocenters. The number of amides is 1. The lowest BCUT2D eigenvalue weighted by Gasteiger charge is -2.03. The van der Waals surface area contributed by atoms with Crippen molar-refractivity contribution in [3.05, 3.63) is 71.3 Å². The highest BCUT2D eigenvalue weighted by atomic mass is 35.5. The van der Waals surface area contributed by atoms with Crippen LogP contribution in [0.3, 0.4) is 0 Å². The molecule has 0 aliphatic rings. The number of carbonyl (C=O) groups excluding carboxylic acids is 1. The molecule has 1 aromatic heterocycles. The molecular formula is C17H15ClN4O. The average Bonchev–Trinajstić information content (AvgIpc) is 3.06. The molecule has 6 heteroatoms. The minimum absolute atomic E-state index is 0.111. The summed E-state index contributed by atoms with van der Waals surface area (Å²) >= 11 is 5.86. The van der Waals surface area contributed by atoms with E-state index in [1.165, 1.54) is 16.6 Å². The lowest BCUT2D eigenvalue weighted by atomic mass is 10.1. The SMILES string of the molecule is CCc1ccc(NC(=O)c2ncn(-c3ccc(Cl)cc3)n2)cc1. The summed E-state index contributed by atoms with van der Waals surface area (Å²) in [6.07, 6.45) is 2.46. The van der Waals surface area contributed by atoms with Gasteiger partial charge < -0.3 is 5.32 Å². The van der Waals surface area contributed by atoms with Crippen molar-refractivity contribution < 1.29 is 4.79 Å². The summed E-state index contributed by atoms with van der Waals surface area (Å²) in [5.41, 5.74) is 2.72. The summed E-state index contributed by atoms with van der Waals surface area (Å²) in [7, 11) is 0. The standard InChI is InChI=1S/C17H15ClN4O/c1-2-12-3-7-14(8-4-12)20-17(23)16-19-11-22(21-16)15-9-5-13(18)6-10-15/h3-11H,2H2,1H3,(H,20,23). The normalized spacial score (nSPS) is 10.5. The smallest absolute Gasteiger partial charge is 0.295 e. The van der Waals surface area contributed by atoms with Gasteiger partial charge in [-0.3, -0.25) is 4.79 Å². The van der Waals surface area contributed by atoms with E-state index in [9.17, 15) is 4.79 Å². The maximum Gasteiger partial charge on any atom is 0.295 e. The van der Waals surface area contributed by atoms with Crippen LogP contribution in [-0.4, -0.2) is 20.7 Å². The Balaban J connectivity index is 1.74. The highest BCUT2D eigenvalue weighted by molar-refractivity contribution is 6.30. The molecule has 1 amide bonds. The van der Waals surface area contributed by atoms with Crippen LogP contribution in [0.25, 0.3) is 5.69 Å². The van der Waals surface area contributed by atoms with Gasteiger partial charge in [-0.15, -0.1) is 5.10 Å². The Morgan fingerprint density at radius 1 is 1.13 bits per heavy atom. The lowest BCUT2D eigenvalue weighted by molar-refractivity contribution is 0.101. The number of hydrogen-bond acceptors (Lipinski definition) is 3. The maximum absolute atomic E-state index is 12.2. The van der Waals surface area contributed by atoms with Crippen LogP contribution in [0.4, 0.5) is 5.69 Å². The predicted molar refractivity (Wildman–Crippen MR) is 90.1 cm³/mol. The summed E-state index contributed by atoms with van der Waals surface area (Å²) in [5, 5.41) is 7.62. The third-order valence-corrected chi connectivity index (χ3v) is 3.66. The van der Waals surface area contributed by atoms with E-state index >= 15 is 0 Å². The topological polar surface area (TPSA) is 59.8 Å². The Hall–Kier alpha value is -2.66. The molecule has 5 nitrogen and oxygen atoms in total. The fourth-order valence-electron chi connectivity index (χ4n) is 2.10. The largest absolute Gasteiger partial charge is 0.319 e. The number of aromatic nitrogens is 3. The molecule has 0 aliphatic heterocycles. The van der Waals surface area contributed by atoms with Crippen molar-refractivity contribution in [2.24, 2.45) is 0 Å². The van der Waals surface area contributed by atoms with Crippen molar-refractivity contribution in [3.8, 4) is 5.69 Å². The van der Waals surface area contributed by atoms with Gasteiger partial charge in [-0.2, -0.15) is 0 Å². The molecular weight excluding hydrogens is 312 g/mol. The number of nitrogens with one attached hydrogen (secondary N) is 1. The molecule has 0 fully saturated rings. The molecule has 3 rings (SSSR count). The zero-order valence-corrected chi connectivity index (χ0v) is 13.3. The van der Waals surface area contributed by atoms with E-state index in [0.717, 1.165) is 17.8 Å². The van der Waals surface area contributed by atoms with Crippen LogP contribution in [0.2, 0.25) is 5.02 Å². The summed E-state index contributed by atoms with van der Waals surface area (Å²) in [5.74, 6) is -0.235. The first-order valence-corrected chi connectivity index (χ1v) is 7.61. The van der Waals surface area contributed by atoms with Gasteiger partial charge in [0.25, 0.3) is 5.91 Å². The lowest BCUT2D eigenvalue weighted by Crippen LogP contribution is -2.14. The third kappa shape index (κ3) is 3.57. The zero-order valence-electron chi connectivity index (χ0n) is 12.5. The van der Waals surface area contributed by atoms with Gasteiger partial charge in [0.15, 0.2) is 0 Å². The van der Waals surface area contributed by atoms with Gasteiger partial charge in [0.05, 0.1) is 5.69 Å². The third-order valence-electron chi connectivity index (χ3n) is 3.41. The molecule has 0 unspecified atom stereocenters. The van der Waals surface area contributed by atoms with Crippen LogP contribution in [0.5, 0.6) is 0 Å². The number of anilines is 1. The fraction of sp³-hybridized carbons (Fsp3) is 0.118. The van der Waals surface area contributed by atoms with E-state index in [1.54, 1.807) is 12.1 Å². The van der Waals surface area contributed by atoms with E-state index in [2.05, 4.69) is 22.3 Å². The van der Waals surface area contributed by atoms with Gasteiger partial charge in [0, 0.05) is 10.7 Å². The van der Waals surface area contributed by atoms with Gasteiger partial charge in [-0.25, -0.2) is 9.67 Å². The number of nitrogens with zero attached hydrogens (tertiary/aromatic N) is 3. The molecule has 0 saturated heterocycles. The van der Waals surface area contributed by atoms with Gasteiger partial charge in [-0.05, 0) is 48.4 Å². The minimum Gasteiger partial charge on any atom is -0.319 e. The van der Waals surface area contributed by atoms with Crippen LogP contribution < -0.4 is 5.32 Å². The van der Waals surface area contributed by atoms with Gasteiger partial charge in [0.1, 0.15) is 6.33 Å². The molecule has 1 N–H and O–H groups in total. The number of aryl methyl sites for hydroxylation is 1. The van der Waals surface area contributed by atoms with E-state index < -0.39 is 0 Å². The van der Waals surface area contributed by atoms with Crippen molar-refractivity contribution in [1.29, 1.82) is 0 Å². The molecule has 0 bridgehead atoms. The van der Waals surface area contributed by atoms with Crippen LogP contribution in [0.1, 0.15) is 23.1 Å². The van der Waals surface area contributed by atoms with Crippen molar-refractivity contribution in [1.82, 2.24) is 14.8 Å². The highest BCUT2D eigenvalue weighted by Crippen LogP contribution is 2.13. The fourth-order valence-corrected chi connectivity index (χ4v) is 2.22. The Bertz CT molecular complexity index is 809. The average molecular weight is 327 g/mol. The highest BCUT2D eigenvalue weighted by Gasteiger charge is 2.12. The Morgan fingerprint density at radius 2 is 1.83 bits per heavy atom. The first-order valence-electron chi connectivity index (χ1n) is 7.23. The van der Waals surface area contributed by atoms with Gasteiger partial charge in [-0.1, -0.05) is 30.7 Å². The Kier molecular flexibility index (Phi) is 4.39. The first kappa shape index (κ1) is 15.2. The molecule has 23 heavy (non-hydrogen) atoms. The van der Waals surface area contributed by atoms with E-state index in [-0.39, 0.29) is 11.7 Å². The quantitative estimate of drug-likeness (QED) is 0.794. The summed E-state index contributed by atoms with van der Waals surface area (Å²) < 4.78 is 1.53. The minimum atomic E-state index is -0.345. The van der Waals surface area contributed by atoms with Gasteiger partial charge >= 0.3 is 0 Å². The maximum atomic E-state index is 12.2. The monoisotopic (exact) mass is 326 g/mol. The first-order chi connectivity index (χ1) is 11.2. The van der Waals surface area contributed by atoms with E-state index in [1.807, 2.05) is 36.4 Å². The molecule has 0 aliphatic carbocycles. The molecule has 0 spiro atoms. The number of carbonyl (C=O) groups is 1. The molecule has 0 saturated carbocycles. The molecule has 3 aromatic rings. The second-order valence-electron chi connectivity index (χ2n) is 4.99. The predicted octanol–water partition coefficient (Wildman–Crippen LogP) is 3.74. The van der Waals surface area contributed by atoms with Crippen molar-refractivity contribution in [2.45, 2.75) is 13.3 Å². The number of halogens is 1. The number of hydrogen-bond donors (Lipinski definition) is 1. The van der Waals surface area contributed by atoms with Crippen LogP contribution in [-0.2, 0) is 6.42 Å². The van der Waals surface area contributed by atoms with Crippen LogP contribution >= 0.6 is 11.6 Å². The van der Waals surface area contributed by atoms with Crippen molar-refractivity contribution in [2.75, 3.05) is 5.32 Å². The summed E-state index contributed by atoms with van der Waals surface area (Å²) in [4.78, 5) is 16.2. The Labute approximate surface area is 138 Å². The zero-order chi connectivity index (χ0) is 16.2. The second-order valence-corrected chi connectivity index (χ2v) is 5.43. The van der Waals surface area contributed by atoms with Crippen molar-refractivity contribution >= 4 is 23.2 Å². The molecule has 0 radical (unpaired) electrons. The Morgan fingerprint density at radius 3 is 2.48 bits per heavy atom. The second kappa shape index (κ2) is 6.62. The van der Waals surface area contributed by atoms with Crippen LogP contribution in [0.15, 0.2) is 54.9 Å². The van der Waals surface area contributed by atoms with Crippen LogP contribution in [0, 0.1) is 0 Å². The van der Waals surface area contributed by atoms with Gasteiger partial charge in [0.2, 0.25) is 5.82 Å². The number of benzene rings is 2. The summed E-state index contributed by atoms with van der Waals surface area (Å²) in [6, 6.07) is 14.8. The molecule has 1 heterocycles. The summed E-state index contributed by atoms with van der Waals surface area (Å²) in [6.45, 7) is 2.08. The molecule has 116 valence electrons. The molecule has 2 aromatic carbocycles.